The van der Waals surface area contributed by atoms with E-state index < -0.39 is 49.2 Å². The molecule has 10 aromatic rings. The highest BCUT2D eigenvalue weighted by atomic mass is 35.5. The fourth-order valence-corrected chi connectivity index (χ4v) is 13.4. The summed E-state index contributed by atoms with van der Waals surface area (Å²) < 4.78 is 135. The minimum atomic E-state index is -3.97. The fraction of sp³-hybridized carbons (Fsp3) is 0.203. The molecular formula is C64H57Cl2F4N11O9S2. The molecular weight excluding hydrogens is 1280 g/mol. The van der Waals surface area contributed by atoms with Crippen LogP contribution in [0.1, 0.15) is 52.6 Å². The van der Waals surface area contributed by atoms with E-state index in [1.807, 2.05) is 18.2 Å². The molecule has 0 amide bonds. The summed E-state index contributed by atoms with van der Waals surface area (Å²) in [4.78, 5) is 45.8. The van der Waals surface area contributed by atoms with Crippen molar-refractivity contribution in [3.8, 4) is 50.9 Å². The lowest BCUT2D eigenvalue weighted by Gasteiger charge is -2.30. The Morgan fingerprint density at radius 2 is 1.16 bits per heavy atom. The van der Waals surface area contributed by atoms with Crippen LogP contribution in [-0.4, -0.2) is 87.0 Å². The van der Waals surface area contributed by atoms with Crippen LogP contribution >= 0.6 is 23.2 Å². The van der Waals surface area contributed by atoms with Gasteiger partial charge in [-0.2, -0.15) is 21.1 Å². The summed E-state index contributed by atoms with van der Waals surface area (Å²) in [6.45, 7) is 3.49. The molecule has 5 aromatic carbocycles. The maximum Gasteiger partial charge on any atom is 0.332 e. The summed E-state index contributed by atoms with van der Waals surface area (Å²) in [7, 11) is -3.44. The van der Waals surface area contributed by atoms with Crippen molar-refractivity contribution in [1.82, 2.24) is 42.3 Å². The first-order chi connectivity index (χ1) is 44.0. The first-order valence-electron chi connectivity index (χ1n) is 28.2. The van der Waals surface area contributed by atoms with Crippen molar-refractivity contribution in [2.24, 2.45) is 0 Å². The molecule has 476 valence electrons. The van der Waals surface area contributed by atoms with Gasteiger partial charge >= 0.3 is 20.4 Å². The van der Waals surface area contributed by atoms with Gasteiger partial charge in [0.2, 0.25) is 0 Å². The Morgan fingerprint density at radius 3 is 1.70 bits per heavy atom. The first kappa shape index (κ1) is 65.5. The van der Waals surface area contributed by atoms with Crippen molar-refractivity contribution in [1.29, 1.82) is 0 Å². The summed E-state index contributed by atoms with van der Waals surface area (Å²) in [5, 5.41) is 0.274. The van der Waals surface area contributed by atoms with Gasteiger partial charge in [0.1, 0.15) is 70.1 Å². The standard InChI is InChI=1S/C26H22ClF2N5O4S.C22H18ClF2NO2.C16H17N5O3S/c1-15-30-7-5-25(31-15)32-39(36,37)33-8-6-22-16(14-33)3-4-26(35)34(22)23-13-21(29)20(12-24(23)38-2)17-9-18(27)11-19(28)10-17;1-28-21-11-17(14-8-15(23)10-16(24)9-14)18(25)12-20(21)26-19-5-3-2-4-13(19)6-7-22(26)27;1-13-18-8-7-16(19-13)21(25(22,23)20-10-9-17-12-20)11-14-3-5-15(24-2)6-4-14/h3-5,7,9-13H,6,8,14H2,1-2H3,(H,30,31,32);6-12H,2-5H2,1H3;3-10,12H,11H2,1-2H3. The van der Waals surface area contributed by atoms with E-state index in [2.05, 4.69) is 29.6 Å². The number of methoxy groups -OCH3 is 3. The smallest absolute Gasteiger partial charge is 0.332 e. The molecule has 0 atom stereocenters. The molecule has 0 bridgehead atoms. The second-order valence-electron chi connectivity index (χ2n) is 20.9. The molecule has 0 saturated carbocycles. The number of ether oxygens (including phenoxy) is 3. The van der Waals surface area contributed by atoms with Crippen molar-refractivity contribution < 1.29 is 48.6 Å². The normalized spacial score (nSPS) is 12.9. The lowest BCUT2D eigenvalue weighted by molar-refractivity contribution is 0.385. The molecule has 0 saturated heterocycles. The Morgan fingerprint density at radius 1 is 0.609 bits per heavy atom. The Labute approximate surface area is 536 Å². The third-order valence-corrected chi connectivity index (χ3v) is 18.4. The summed E-state index contributed by atoms with van der Waals surface area (Å²) >= 11 is 11.9. The van der Waals surface area contributed by atoms with Crippen molar-refractivity contribution in [2.45, 2.75) is 59.0 Å². The van der Waals surface area contributed by atoms with Crippen LogP contribution in [0.4, 0.5) is 29.2 Å². The molecule has 20 nitrogen and oxygen atoms in total. The van der Waals surface area contributed by atoms with Gasteiger partial charge in [-0.1, -0.05) is 47.5 Å². The number of benzene rings is 5. The zero-order chi connectivity index (χ0) is 65.6. The summed E-state index contributed by atoms with van der Waals surface area (Å²) in [5.74, 6) is 0.0281. The predicted octanol–water partition coefficient (Wildman–Crippen LogP) is 11.4. The number of hydrogen-bond acceptors (Lipinski definition) is 14. The van der Waals surface area contributed by atoms with Crippen LogP contribution in [0.15, 0.2) is 162 Å². The second-order valence-corrected chi connectivity index (χ2v) is 25.2. The number of anilines is 2. The number of aryl methyl sites for hydroxylation is 3. The van der Waals surface area contributed by atoms with Gasteiger partial charge in [-0.3, -0.25) is 23.4 Å². The minimum Gasteiger partial charge on any atom is -0.497 e. The van der Waals surface area contributed by atoms with Gasteiger partial charge in [0.15, 0.2) is 0 Å². The van der Waals surface area contributed by atoms with Gasteiger partial charge in [0.25, 0.3) is 11.1 Å². The van der Waals surface area contributed by atoms with Crippen molar-refractivity contribution in [3.63, 3.8) is 0 Å². The van der Waals surface area contributed by atoms with Crippen molar-refractivity contribution in [3.05, 3.63) is 246 Å². The number of fused-ring (bicyclic) bond motifs is 2. The third kappa shape index (κ3) is 14.6. The predicted molar refractivity (Wildman–Crippen MR) is 340 cm³/mol. The molecule has 12 rings (SSSR count). The number of rotatable bonds is 15. The van der Waals surface area contributed by atoms with Gasteiger partial charge in [0.05, 0.1) is 39.2 Å². The van der Waals surface area contributed by atoms with E-state index in [4.69, 9.17) is 37.4 Å². The van der Waals surface area contributed by atoms with E-state index in [1.54, 1.807) is 45.2 Å². The number of nitrogens with one attached hydrogen (secondary N) is 1. The molecule has 1 N–H and O–H groups in total. The van der Waals surface area contributed by atoms with Gasteiger partial charge in [-0.05, 0) is 134 Å². The summed E-state index contributed by atoms with van der Waals surface area (Å²) in [6.07, 6.45) is 10.9. The molecule has 5 aromatic heterocycles. The molecule has 0 radical (unpaired) electrons. The van der Waals surface area contributed by atoms with Crippen LogP contribution in [0.5, 0.6) is 17.2 Å². The van der Waals surface area contributed by atoms with Crippen molar-refractivity contribution in [2.75, 3.05) is 36.9 Å². The summed E-state index contributed by atoms with van der Waals surface area (Å²) in [6, 6.07) is 29.1. The number of imidazole rings is 1. The van der Waals surface area contributed by atoms with Crippen LogP contribution in [0.25, 0.3) is 33.6 Å². The van der Waals surface area contributed by atoms with Gasteiger partial charge < -0.3 is 14.2 Å². The van der Waals surface area contributed by atoms with Crippen molar-refractivity contribution >= 4 is 55.3 Å². The van der Waals surface area contributed by atoms with E-state index in [0.717, 1.165) is 70.7 Å². The highest BCUT2D eigenvalue weighted by Crippen LogP contribution is 2.38. The number of hydrogen-bond donors (Lipinski definition) is 1. The molecule has 0 fully saturated rings. The third-order valence-electron chi connectivity index (χ3n) is 14.9. The van der Waals surface area contributed by atoms with Crippen LogP contribution in [0.2, 0.25) is 10.0 Å². The Kier molecular flexibility index (Phi) is 19.9. The molecule has 92 heavy (non-hydrogen) atoms. The number of aromatic nitrogens is 8. The van der Waals surface area contributed by atoms with Gasteiger partial charge in [-0.15, -0.1) is 0 Å². The average molecular weight is 1340 g/mol. The SMILES string of the molecule is COc1cc(-c2cc(F)cc(Cl)c2)c(F)cc1-n1c2c(ccc1=O)CCCC2.COc1cc(-c2cc(F)cc(Cl)c2)c(F)cc1-n1c2c(ccc1=O)CN(S(=O)(=O)Nc1ccnc(C)n1)CC2.COc1ccc(CN(c2ccnc(C)n2)S(=O)(=O)n2ccnc2)cc1. The molecule has 2 aliphatic rings. The Hall–Kier alpha value is -9.47. The van der Waals surface area contributed by atoms with E-state index in [9.17, 15) is 35.2 Å². The van der Waals surface area contributed by atoms with Gasteiger partial charge in [0, 0.05) is 107 Å². The Balaban J connectivity index is 0.000000156. The molecule has 0 spiro atoms. The molecule has 28 heteroatoms. The maximum atomic E-state index is 15.4. The first-order valence-corrected chi connectivity index (χ1v) is 31.8. The number of halogens is 6. The van der Waals surface area contributed by atoms with Crippen LogP contribution in [0.3, 0.4) is 0 Å². The molecule has 1 aliphatic heterocycles. The van der Waals surface area contributed by atoms with Crippen LogP contribution in [-0.2, 0) is 52.8 Å². The molecule has 1 aliphatic carbocycles. The minimum absolute atomic E-state index is 0.0281. The molecule has 0 unspecified atom stereocenters. The zero-order valence-electron chi connectivity index (χ0n) is 49.8. The second kappa shape index (κ2) is 28.0. The topological polar surface area (TPSA) is 228 Å². The monoisotopic (exact) mass is 1330 g/mol. The largest absolute Gasteiger partial charge is 0.497 e. The fourth-order valence-electron chi connectivity index (χ4n) is 10.6. The van der Waals surface area contributed by atoms with Crippen LogP contribution < -0.4 is 34.4 Å². The van der Waals surface area contributed by atoms with E-state index >= 15 is 8.78 Å². The zero-order valence-corrected chi connectivity index (χ0v) is 53.0. The van der Waals surface area contributed by atoms with Crippen LogP contribution in [0, 0.1) is 37.1 Å². The lowest BCUT2D eigenvalue weighted by Crippen LogP contribution is -2.41. The average Bonchev–Trinajstić information content (AvgIpc) is 0.857. The van der Waals surface area contributed by atoms with Gasteiger partial charge in [-0.25, -0.2) is 50.8 Å². The molecule has 6 heterocycles. The van der Waals surface area contributed by atoms with E-state index in [1.165, 1.54) is 118 Å². The highest BCUT2D eigenvalue weighted by molar-refractivity contribution is 7.91. The maximum absolute atomic E-state index is 15.4. The van der Waals surface area contributed by atoms with E-state index in [0.29, 0.717) is 45.7 Å². The lowest BCUT2D eigenvalue weighted by atomic mass is 9.95. The quantitative estimate of drug-likeness (QED) is 0.0942. The Bertz CT molecular complexity index is 4720. The number of pyridine rings is 2. The van der Waals surface area contributed by atoms with E-state index in [-0.39, 0.29) is 81.4 Å². The summed E-state index contributed by atoms with van der Waals surface area (Å²) in [5.41, 5.74) is 4.35. The highest BCUT2D eigenvalue weighted by Gasteiger charge is 2.31. The number of nitrogens with zero attached hydrogens (tertiary/aromatic N) is 10.